The molecule has 74 valence electrons. The molecule has 0 unspecified atom stereocenters. The summed E-state index contributed by atoms with van der Waals surface area (Å²) in [5.41, 5.74) is 5.61. The molecule has 0 aliphatic carbocycles. The van der Waals surface area contributed by atoms with Gasteiger partial charge in [-0.15, -0.1) is 0 Å². The summed E-state index contributed by atoms with van der Waals surface area (Å²) < 4.78 is 1.56. The summed E-state index contributed by atoms with van der Waals surface area (Å²) in [6.45, 7) is 2.91. The molecule has 4 heteroatoms. The number of hydrogen-bond acceptors (Lipinski definition) is 2. The monoisotopic (exact) mass is 183 g/mol. The molecule has 0 spiro atoms. The molecule has 0 saturated heterocycles. The summed E-state index contributed by atoms with van der Waals surface area (Å²) in [6, 6.07) is 0. The van der Waals surface area contributed by atoms with E-state index in [9.17, 15) is 4.79 Å². The van der Waals surface area contributed by atoms with E-state index in [-0.39, 0.29) is 5.56 Å². The lowest BCUT2D eigenvalue weighted by molar-refractivity contribution is 0.530. The summed E-state index contributed by atoms with van der Waals surface area (Å²) >= 11 is 0. The van der Waals surface area contributed by atoms with Crippen LogP contribution in [0.3, 0.4) is 0 Å². The molecule has 0 saturated carbocycles. The zero-order chi connectivity index (χ0) is 9.68. The smallest absolute Gasteiger partial charge is 0.289 e. The predicted octanol–water partition coefficient (Wildman–Crippen LogP) is 1.34. The molecule has 0 fully saturated rings. The lowest BCUT2D eigenvalue weighted by atomic mass is 10.2. The maximum Gasteiger partial charge on any atom is 0.289 e. The van der Waals surface area contributed by atoms with E-state index in [1.54, 1.807) is 10.9 Å². The van der Waals surface area contributed by atoms with Crippen molar-refractivity contribution in [2.75, 3.05) is 5.73 Å². The highest BCUT2D eigenvalue weighted by atomic mass is 16.1. The Morgan fingerprint density at radius 2 is 2.23 bits per heavy atom. The Morgan fingerprint density at radius 3 is 2.77 bits per heavy atom. The lowest BCUT2D eigenvalue weighted by Crippen LogP contribution is -2.18. The van der Waals surface area contributed by atoms with Crippen molar-refractivity contribution in [3.8, 4) is 0 Å². The van der Waals surface area contributed by atoms with Crippen LogP contribution in [-0.4, -0.2) is 9.78 Å². The molecule has 1 aromatic heterocycles. The molecule has 0 amide bonds. The van der Waals surface area contributed by atoms with Gasteiger partial charge in [-0.1, -0.05) is 26.2 Å². The number of nitrogens with one attached hydrogen (secondary N) is 1. The van der Waals surface area contributed by atoms with E-state index in [1.807, 2.05) is 0 Å². The Hall–Kier alpha value is -1.19. The molecule has 1 aromatic rings. The van der Waals surface area contributed by atoms with Crippen LogP contribution in [0.1, 0.15) is 32.6 Å². The Morgan fingerprint density at radius 1 is 1.46 bits per heavy atom. The number of aromatic amines is 1. The molecular formula is C9H17N3O. The molecule has 13 heavy (non-hydrogen) atoms. The van der Waals surface area contributed by atoms with Gasteiger partial charge in [0.05, 0.1) is 0 Å². The van der Waals surface area contributed by atoms with E-state index >= 15 is 0 Å². The SMILES string of the molecule is CCCCCCn1[nH]cc(N)c1=O. The maximum absolute atomic E-state index is 11.2. The van der Waals surface area contributed by atoms with Crippen LogP contribution >= 0.6 is 0 Å². The average Bonchev–Trinajstić information content (AvgIpc) is 2.43. The Balaban J connectivity index is 2.37. The van der Waals surface area contributed by atoms with E-state index in [4.69, 9.17) is 5.73 Å². The van der Waals surface area contributed by atoms with Crippen molar-refractivity contribution in [2.45, 2.75) is 39.2 Å². The average molecular weight is 183 g/mol. The van der Waals surface area contributed by atoms with Gasteiger partial charge in [0.2, 0.25) is 0 Å². The van der Waals surface area contributed by atoms with Gasteiger partial charge in [-0.05, 0) is 6.42 Å². The van der Waals surface area contributed by atoms with Crippen molar-refractivity contribution >= 4 is 5.69 Å². The molecule has 3 N–H and O–H groups in total. The van der Waals surface area contributed by atoms with Crippen LogP contribution in [0.2, 0.25) is 0 Å². The van der Waals surface area contributed by atoms with Crippen LogP contribution in [0.4, 0.5) is 5.69 Å². The molecule has 0 aliphatic rings. The number of aryl methyl sites for hydroxylation is 1. The van der Waals surface area contributed by atoms with E-state index in [0.29, 0.717) is 5.69 Å². The summed E-state index contributed by atoms with van der Waals surface area (Å²) in [7, 11) is 0. The number of rotatable bonds is 5. The number of nitrogens with zero attached hydrogens (tertiary/aromatic N) is 1. The zero-order valence-electron chi connectivity index (χ0n) is 8.05. The van der Waals surface area contributed by atoms with Crippen molar-refractivity contribution in [3.05, 3.63) is 16.6 Å². The normalized spacial score (nSPS) is 10.5. The minimum absolute atomic E-state index is 0.100. The number of unbranched alkanes of at least 4 members (excludes halogenated alkanes) is 3. The minimum Gasteiger partial charge on any atom is -0.393 e. The first-order valence-electron chi connectivity index (χ1n) is 4.79. The molecule has 1 heterocycles. The molecule has 0 aliphatic heterocycles. The molecule has 0 atom stereocenters. The second kappa shape index (κ2) is 4.74. The van der Waals surface area contributed by atoms with Crippen LogP contribution in [0.5, 0.6) is 0 Å². The number of hydrogen-bond donors (Lipinski definition) is 2. The first-order valence-corrected chi connectivity index (χ1v) is 4.79. The van der Waals surface area contributed by atoms with Crippen LogP contribution in [0.25, 0.3) is 0 Å². The fraction of sp³-hybridized carbons (Fsp3) is 0.667. The second-order valence-electron chi connectivity index (χ2n) is 3.25. The van der Waals surface area contributed by atoms with E-state index in [1.165, 1.54) is 19.3 Å². The minimum atomic E-state index is -0.100. The maximum atomic E-state index is 11.2. The Labute approximate surface area is 77.7 Å². The third kappa shape index (κ3) is 2.65. The van der Waals surface area contributed by atoms with Crippen LogP contribution in [0.15, 0.2) is 11.0 Å². The summed E-state index contributed by atoms with van der Waals surface area (Å²) in [5, 5.41) is 2.83. The van der Waals surface area contributed by atoms with Gasteiger partial charge in [0.15, 0.2) is 0 Å². The predicted molar refractivity (Wildman–Crippen MR) is 53.6 cm³/mol. The fourth-order valence-corrected chi connectivity index (χ4v) is 1.29. The third-order valence-corrected chi connectivity index (χ3v) is 2.10. The van der Waals surface area contributed by atoms with E-state index in [0.717, 1.165) is 13.0 Å². The molecule has 0 aromatic carbocycles. The third-order valence-electron chi connectivity index (χ3n) is 2.10. The molecule has 4 nitrogen and oxygen atoms in total. The summed E-state index contributed by atoms with van der Waals surface area (Å²) in [5.74, 6) is 0. The second-order valence-corrected chi connectivity index (χ2v) is 3.25. The van der Waals surface area contributed by atoms with Gasteiger partial charge in [-0.3, -0.25) is 9.48 Å². The highest BCUT2D eigenvalue weighted by Crippen LogP contribution is 2.00. The fourth-order valence-electron chi connectivity index (χ4n) is 1.29. The largest absolute Gasteiger partial charge is 0.393 e. The standard InChI is InChI=1S/C9H17N3O/c1-2-3-4-5-6-12-9(13)8(10)7-11-12/h7,11H,2-6,10H2,1H3. The molecule has 0 radical (unpaired) electrons. The quantitative estimate of drug-likeness (QED) is 0.676. The number of nitrogen functional groups attached to an aromatic ring is 1. The molecule has 1 rings (SSSR count). The lowest BCUT2D eigenvalue weighted by Gasteiger charge is -1.99. The van der Waals surface area contributed by atoms with Crippen LogP contribution in [0, 0.1) is 0 Å². The van der Waals surface area contributed by atoms with Gasteiger partial charge in [-0.25, -0.2) is 0 Å². The number of anilines is 1. The van der Waals surface area contributed by atoms with Crippen LogP contribution < -0.4 is 11.3 Å². The van der Waals surface area contributed by atoms with Gasteiger partial charge in [0.1, 0.15) is 5.69 Å². The summed E-state index contributed by atoms with van der Waals surface area (Å²) in [4.78, 5) is 11.2. The van der Waals surface area contributed by atoms with Crippen molar-refractivity contribution in [2.24, 2.45) is 0 Å². The molecular weight excluding hydrogens is 166 g/mol. The first-order chi connectivity index (χ1) is 6.25. The number of aromatic nitrogens is 2. The van der Waals surface area contributed by atoms with Crippen molar-refractivity contribution < 1.29 is 0 Å². The van der Waals surface area contributed by atoms with Gasteiger partial charge < -0.3 is 10.8 Å². The van der Waals surface area contributed by atoms with E-state index in [2.05, 4.69) is 12.0 Å². The van der Waals surface area contributed by atoms with Crippen LogP contribution in [-0.2, 0) is 6.54 Å². The van der Waals surface area contributed by atoms with Crippen molar-refractivity contribution in [3.63, 3.8) is 0 Å². The van der Waals surface area contributed by atoms with Gasteiger partial charge >= 0.3 is 0 Å². The molecule has 0 bridgehead atoms. The highest BCUT2D eigenvalue weighted by molar-refractivity contribution is 5.30. The Bertz CT molecular complexity index is 300. The zero-order valence-corrected chi connectivity index (χ0v) is 8.05. The topological polar surface area (TPSA) is 63.8 Å². The van der Waals surface area contributed by atoms with Crippen molar-refractivity contribution in [1.82, 2.24) is 9.78 Å². The van der Waals surface area contributed by atoms with Gasteiger partial charge in [0, 0.05) is 12.7 Å². The van der Waals surface area contributed by atoms with E-state index < -0.39 is 0 Å². The first kappa shape index (κ1) is 9.89. The summed E-state index contributed by atoms with van der Waals surface area (Å²) in [6.07, 6.45) is 6.18. The van der Waals surface area contributed by atoms with Gasteiger partial charge in [-0.2, -0.15) is 0 Å². The number of nitrogens with two attached hydrogens (primary N) is 1. The van der Waals surface area contributed by atoms with Crippen molar-refractivity contribution in [1.29, 1.82) is 0 Å². The highest BCUT2D eigenvalue weighted by Gasteiger charge is 2.00. The Kier molecular flexibility index (Phi) is 3.61. The van der Waals surface area contributed by atoms with Gasteiger partial charge in [0.25, 0.3) is 5.56 Å². The number of H-pyrrole nitrogens is 1.